The summed E-state index contributed by atoms with van der Waals surface area (Å²) in [5, 5.41) is 2.99. The molecule has 0 saturated carbocycles. The number of pyridine rings is 1. The summed E-state index contributed by atoms with van der Waals surface area (Å²) in [7, 11) is 0. The highest BCUT2D eigenvalue weighted by Gasteiger charge is 2.22. The smallest absolute Gasteiger partial charge is 0.238 e. The van der Waals surface area contributed by atoms with Crippen LogP contribution in [0.15, 0.2) is 54.9 Å². The molecular weight excluding hydrogens is 404 g/mol. The molecule has 0 atom stereocenters. The summed E-state index contributed by atoms with van der Waals surface area (Å²) in [6.07, 6.45) is 5.58. The van der Waals surface area contributed by atoms with Crippen LogP contribution < -0.4 is 10.2 Å². The van der Waals surface area contributed by atoms with Crippen LogP contribution in [0.4, 0.5) is 11.4 Å². The Hall–Kier alpha value is -3.23. The number of amides is 2. The second kappa shape index (κ2) is 9.10. The van der Waals surface area contributed by atoms with E-state index in [9.17, 15) is 9.59 Å². The quantitative estimate of drug-likeness (QED) is 0.647. The van der Waals surface area contributed by atoms with Crippen LogP contribution in [0, 0.1) is 0 Å². The molecule has 1 aromatic carbocycles. The molecule has 0 aliphatic carbocycles. The Balaban J connectivity index is 1.10. The standard InChI is InChI=1S/C24H28N6O2/c31-23(26-19-5-3-6-21(15-19)30-10-4-8-24(30)32)18-28-13-11-27(12-14-28)16-20-17-29-9-2-1-7-22(29)25-20/h1-3,5-7,9,15,17H,4,8,10-14,16,18H2,(H,26,31). The van der Waals surface area contributed by atoms with Gasteiger partial charge in [-0.3, -0.25) is 19.4 Å². The number of nitrogens with one attached hydrogen (secondary N) is 1. The van der Waals surface area contributed by atoms with E-state index in [1.54, 1.807) is 4.90 Å². The molecule has 2 saturated heterocycles. The van der Waals surface area contributed by atoms with Gasteiger partial charge in [-0.1, -0.05) is 12.1 Å². The minimum absolute atomic E-state index is 0.0244. The van der Waals surface area contributed by atoms with Crippen molar-refractivity contribution in [3.63, 3.8) is 0 Å². The lowest BCUT2D eigenvalue weighted by Gasteiger charge is -2.33. The first kappa shape index (κ1) is 20.7. The predicted molar refractivity (Wildman–Crippen MR) is 124 cm³/mol. The van der Waals surface area contributed by atoms with Gasteiger partial charge in [-0.15, -0.1) is 0 Å². The van der Waals surface area contributed by atoms with E-state index in [0.29, 0.717) is 13.0 Å². The normalized spacial score (nSPS) is 17.9. The van der Waals surface area contributed by atoms with Crippen molar-refractivity contribution in [3.8, 4) is 0 Å². The van der Waals surface area contributed by atoms with Crippen LogP contribution in [0.2, 0.25) is 0 Å². The summed E-state index contributed by atoms with van der Waals surface area (Å²) in [5.74, 6) is 0.124. The molecule has 2 aliphatic rings. The van der Waals surface area contributed by atoms with Crippen LogP contribution in [0.25, 0.3) is 5.65 Å². The molecule has 0 bridgehead atoms. The van der Waals surface area contributed by atoms with E-state index in [4.69, 9.17) is 0 Å². The molecule has 0 radical (unpaired) electrons. The van der Waals surface area contributed by atoms with E-state index in [0.717, 1.165) is 68.4 Å². The summed E-state index contributed by atoms with van der Waals surface area (Å²) < 4.78 is 2.05. The van der Waals surface area contributed by atoms with Crippen LogP contribution in [0.1, 0.15) is 18.5 Å². The Morgan fingerprint density at radius 2 is 1.84 bits per heavy atom. The molecule has 2 aliphatic heterocycles. The Labute approximate surface area is 187 Å². The molecular formula is C24H28N6O2. The van der Waals surface area contributed by atoms with Crippen molar-refractivity contribution in [2.24, 2.45) is 0 Å². The van der Waals surface area contributed by atoms with E-state index in [1.165, 1.54) is 0 Å². The van der Waals surface area contributed by atoms with Crippen molar-refractivity contribution >= 4 is 28.8 Å². The van der Waals surface area contributed by atoms with Crippen LogP contribution in [-0.2, 0) is 16.1 Å². The van der Waals surface area contributed by atoms with Crippen molar-refractivity contribution in [2.45, 2.75) is 19.4 Å². The maximum absolute atomic E-state index is 12.6. The van der Waals surface area contributed by atoms with E-state index in [-0.39, 0.29) is 11.8 Å². The molecule has 2 aromatic heterocycles. The minimum Gasteiger partial charge on any atom is -0.325 e. The topological polar surface area (TPSA) is 73.2 Å². The fourth-order valence-electron chi connectivity index (χ4n) is 4.47. The Kier molecular flexibility index (Phi) is 5.87. The third-order valence-corrected chi connectivity index (χ3v) is 6.15. The first-order valence-corrected chi connectivity index (χ1v) is 11.2. The molecule has 0 unspecified atom stereocenters. The van der Waals surface area contributed by atoms with E-state index in [2.05, 4.69) is 26.3 Å². The zero-order valence-corrected chi connectivity index (χ0v) is 18.1. The first-order chi connectivity index (χ1) is 15.6. The zero-order valence-electron chi connectivity index (χ0n) is 18.1. The maximum Gasteiger partial charge on any atom is 0.238 e. The van der Waals surface area contributed by atoms with Gasteiger partial charge < -0.3 is 14.6 Å². The number of hydrogen-bond donors (Lipinski definition) is 1. The Bertz CT molecular complexity index is 1090. The van der Waals surface area contributed by atoms with Gasteiger partial charge in [-0.05, 0) is 36.8 Å². The second-order valence-electron chi connectivity index (χ2n) is 8.50. The van der Waals surface area contributed by atoms with Crippen molar-refractivity contribution in [1.29, 1.82) is 0 Å². The molecule has 32 heavy (non-hydrogen) atoms. The van der Waals surface area contributed by atoms with Gasteiger partial charge in [-0.25, -0.2) is 4.98 Å². The van der Waals surface area contributed by atoms with Gasteiger partial charge in [0.05, 0.1) is 12.2 Å². The number of hydrogen-bond acceptors (Lipinski definition) is 5. The lowest BCUT2D eigenvalue weighted by molar-refractivity contribution is -0.118. The van der Waals surface area contributed by atoms with E-state index >= 15 is 0 Å². The molecule has 4 heterocycles. The average Bonchev–Trinajstić information content (AvgIpc) is 3.40. The lowest BCUT2D eigenvalue weighted by Crippen LogP contribution is -2.48. The number of aromatic nitrogens is 2. The summed E-state index contributed by atoms with van der Waals surface area (Å²) >= 11 is 0. The molecule has 2 amide bonds. The molecule has 0 spiro atoms. The third kappa shape index (κ3) is 4.66. The Morgan fingerprint density at radius 1 is 1.00 bits per heavy atom. The van der Waals surface area contributed by atoms with Gasteiger partial charge in [-0.2, -0.15) is 0 Å². The predicted octanol–water partition coefficient (Wildman–Crippen LogP) is 2.22. The number of anilines is 2. The SMILES string of the molecule is O=C(CN1CCN(Cc2cn3ccccc3n2)CC1)Nc1cccc(N2CCCC2=O)c1. The highest BCUT2D eigenvalue weighted by atomic mass is 16.2. The molecule has 3 aromatic rings. The molecule has 1 N–H and O–H groups in total. The second-order valence-corrected chi connectivity index (χ2v) is 8.50. The van der Waals surface area contributed by atoms with Gasteiger partial charge in [0.15, 0.2) is 0 Å². The largest absolute Gasteiger partial charge is 0.325 e. The number of rotatable bonds is 6. The molecule has 2 fully saturated rings. The fourth-order valence-corrected chi connectivity index (χ4v) is 4.47. The number of nitrogens with zero attached hydrogens (tertiary/aromatic N) is 5. The molecule has 5 rings (SSSR count). The van der Waals surface area contributed by atoms with Crippen LogP contribution in [-0.4, -0.2) is 70.3 Å². The minimum atomic E-state index is -0.0244. The molecule has 8 heteroatoms. The average molecular weight is 433 g/mol. The van der Waals surface area contributed by atoms with Gasteiger partial charge in [0.25, 0.3) is 0 Å². The molecule has 8 nitrogen and oxygen atoms in total. The van der Waals surface area contributed by atoms with Crippen LogP contribution >= 0.6 is 0 Å². The van der Waals surface area contributed by atoms with Crippen molar-refractivity contribution in [1.82, 2.24) is 19.2 Å². The number of carbonyl (C=O) groups excluding carboxylic acids is 2. The van der Waals surface area contributed by atoms with Gasteiger partial charge in [0.2, 0.25) is 11.8 Å². The summed E-state index contributed by atoms with van der Waals surface area (Å²) in [6.45, 7) is 5.46. The van der Waals surface area contributed by atoms with E-state index < -0.39 is 0 Å². The van der Waals surface area contributed by atoms with Crippen molar-refractivity contribution in [3.05, 3.63) is 60.6 Å². The highest BCUT2D eigenvalue weighted by molar-refractivity contribution is 5.97. The van der Waals surface area contributed by atoms with Gasteiger partial charge in [0, 0.05) is 69.5 Å². The number of benzene rings is 1. The highest BCUT2D eigenvalue weighted by Crippen LogP contribution is 2.24. The van der Waals surface area contributed by atoms with Gasteiger partial charge in [0.1, 0.15) is 5.65 Å². The summed E-state index contributed by atoms with van der Waals surface area (Å²) in [5.41, 5.74) is 3.62. The molecule has 166 valence electrons. The van der Waals surface area contributed by atoms with Gasteiger partial charge >= 0.3 is 0 Å². The summed E-state index contributed by atoms with van der Waals surface area (Å²) in [4.78, 5) is 35.6. The Morgan fingerprint density at radius 3 is 2.62 bits per heavy atom. The number of carbonyl (C=O) groups is 2. The maximum atomic E-state index is 12.6. The lowest BCUT2D eigenvalue weighted by atomic mass is 10.2. The summed E-state index contributed by atoms with van der Waals surface area (Å²) in [6, 6.07) is 13.6. The zero-order chi connectivity index (χ0) is 21.9. The van der Waals surface area contributed by atoms with Crippen molar-refractivity contribution in [2.75, 3.05) is 49.5 Å². The van der Waals surface area contributed by atoms with Crippen LogP contribution in [0.5, 0.6) is 0 Å². The monoisotopic (exact) mass is 432 g/mol. The number of piperazine rings is 1. The third-order valence-electron chi connectivity index (χ3n) is 6.15. The number of fused-ring (bicyclic) bond motifs is 1. The van der Waals surface area contributed by atoms with Crippen LogP contribution in [0.3, 0.4) is 0 Å². The van der Waals surface area contributed by atoms with E-state index in [1.807, 2.05) is 53.1 Å². The fraction of sp³-hybridized carbons (Fsp3) is 0.375. The first-order valence-electron chi connectivity index (χ1n) is 11.2. The number of imidazole rings is 1. The van der Waals surface area contributed by atoms with Crippen molar-refractivity contribution < 1.29 is 9.59 Å².